The number of benzene rings is 1. The van der Waals surface area contributed by atoms with Crippen molar-refractivity contribution in [1.82, 2.24) is 0 Å². The lowest BCUT2D eigenvalue weighted by atomic mass is 9.93. The number of carbonyl (C=O) groups excluding carboxylic acids is 1. The molecule has 0 amide bonds. The van der Waals surface area contributed by atoms with Gasteiger partial charge in [0.25, 0.3) is 0 Å². The number of esters is 1. The maximum atomic E-state index is 12.0. The Morgan fingerprint density at radius 1 is 1.17 bits per heavy atom. The average molecular weight is 292 g/mol. The molecule has 0 radical (unpaired) electrons. The highest BCUT2D eigenvalue weighted by molar-refractivity contribution is 6.30. The van der Waals surface area contributed by atoms with E-state index in [1.165, 1.54) is 0 Å². The van der Waals surface area contributed by atoms with Crippen LogP contribution in [-0.4, -0.2) is 11.6 Å². The summed E-state index contributed by atoms with van der Waals surface area (Å²) in [5.41, 5.74) is 3.29. The molecule has 1 atom stereocenters. The summed E-state index contributed by atoms with van der Waals surface area (Å²) >= 11 is 5.81. The third kappa shape index (κ3) is 4.48. The second kappa shape index (κ2) is 5.91. The second-order valence-electron chi connectivity index (χ2n) is 5.34. The van der Waals surface area contributed by atoms with Gasteiger partial charge in [-0.1, -0.05) is 23.7 Å². The van der Waals surface area contributed by atoms with Gasteiger partial charge in [-0.3, -0.25) is 0 Å². The monoisotopic (exact) mass is 291 g/mol. The van der Waals surface area contributed by atoms with E-state index in [2.05, 4.69) is 5.73 Å². The first-order chi connectivity index (χ1) is 7.63. The number of carbonyl (C=O) groups is 1. The van der Waals surface area contributed by atoms with E-state index in [0.717, 1.165) is 5.56 Å². The molecule has 3 N–H and O–H groups in total. The molecular weight excluding hydrogens is 273 g/mol. The number of ether oxygens (including phenoxy) is 1. The predicted molar refractivity (Wildman–Crippen MR) is 67.5 cm³/mol. The van der Waals surface area contributed by atoms with Gasteiger partial charge in [0, 0.05) is 17.5 Å². The molecule has 0 bridgehead atoms. The Bertz CT molecular complexity index is 408. The van der Waals surface area contributed by atoms with E-state index in [1.54, 1.807) is 31.2 Å². The van der Waals surface area contributed by atoms with Crippen molar-refractivity contribution in [2.45, 2.75) is 38.8 Å². The van der Waals surface area contributed by atoms with Crippen molar-refractivity contribution in [3.05, 3.63) is 34.9 Å². The Morgan fingerprint density at radius 3 is 2.00 bits per heavy atom. The van der Waals surface area contributed by atoms with Crippen LogP contribution in [0.15, 0.2) is 24.3 Å². The van der Waals surface area contributed by atoms with E-state index in [0.29, 0.717) is 5.02 Å². The van der Waals surface area contributed by atoms with Crippen LogP contribution in [0.1, 0.15) is 33.3 Å². The van der Waals surface area contributed by atoms with Crippen molar-refractivity contribution >= 4 is 17.6 Å². The molecule has 1 aromatic carbocycles. The normalized spacial score (nSPS) is 14.3. The SMILES string of the molecule is CC(C)(C)OC(=O)C(C)([NH3+])c1ccc(Cl)cc1.[Cl-]. The molecule has 3 nitrogen and oxygen atoms in total. The van der Waals surface area contributed by atoms with Crippen LogP contribution in [-0.2, 0) is 15.1 Å². The Hall–Kier alpha value is -0.770. The third-order valence-electron chi connectivity index (χ3n) is 2.33. The molecule has 0 saturated heterocycles. The molecule has 102 valence electrons. The highest BCUT2D eigenvalue weighted by Crippen LogP contribution is 2.22. The van der Waals surface area contributed by atoms with E-state index in [1.807, 2.05) is 20.8 Å². The smallest absolute Gasteiger partial charge is 0.373 e. The summed E-state index contributed by atoms with van der Waals surface area (Å²) in [6, 6.07) is 7.06. The van der Waals surface area contributed by atoms with Gasteiger partial charge in [0.1, 0.15) is 5.60 Å². The molecule has 0 saturated carbocycles. The summed E-state index contributed by atoms with van der Waals surface area (Å²) in [6.45, 7) is 7.25. The summed E-state index contributed by atoms with van der Waals surface area (Å²) in [5.74, 6) is -0.340. The molecule has 0 aromatic heterocycles. The van der Waals surface area contributed by atoms with Crippen LogP contribution in [0.25, 0.3) is 0 Å². The summed E-state index contributed by atoms with van der Waals surface area (Å²) in [4.78, 5) is 12.0. The molecule has 1 aromatic rings. The molecule has 5 heteroatoms. The maximum Gasteiger partial charge on any atom is 0.373 e. The Balaban J connectivity index is 0.00000289. The van der Waals surface area contributed by atoms with Crippen LogP contribution in [0.2, 0.25) is 5.02 Å². The molecule has 0 aliphatic carbocycles. The van der Waals surface area contributed by atoms with Crippen LogP contribution in [0, 0.1) is 0 Å². The van der Waals surface area contributed by atoms with Gasteiger partial charge in [-0.2, -0.15) is 0 Å². The van der Waals surface area contributed by atoms with Crippen LogP contribution in [0.5, 0.6) is 0 Å². The molecule has 0 spiro atoms. The molecule has 1 rings (SSSR count). The van der Waals surface area contributed by atoms with Crippen molar-refractivity contribution in [2.24, 2.45) is 0 Å². The van der Waals surface area contributed by atoms with Gasteiger partial charge in [-0.15, -0.1) is 0 Å². The molecule has 0 aliphatic heterocycles. The summed E-state index contributed by atoms with van der Waals surface area (Å²) in [5, 5.41) is 0.633. The van der Waals surface area contributed by atoms with E-state index < -0.39 is 11.1 Å². The minimum atomic E-state index is -0.919. The van der Waals surface area contributed by atoms with E-state index in [-0.39, 0.29) is 18.4 Å². The van der Waals surface area contributed by atoms with Crippen molar-refractivity contribution in [3.63, 3.8) is 0 Å². The number of hydrogen-bond donors (Lipinski definition) is 1. The minimum Gasteiger partial charge on any atom is -1.00 e. The second-order valence-corrected chi connectivity index (χ2v) is 5.78. The van der Waals surface area contributed by atoms with Crippen LogP contribution in [0.4, 0.5) is 0 Å². The Kier molecular flexibility index (Phi) is 5.66. The standard InChI is InChI=1S/C13H18ClNO2.ClH/c1-12(2,3)17-11(16)13(4,15)9-5-7-10(14)8-6-9;/h5-8H,15H2,1-4H3;1H. The molecule has 0 heterocycles. The first-order valence-corrected chi connectivity index (χ1v) is 5.85. The summed E-state index contributed by atoms with van der Waals surface area (Å²) in [7, 11) is 0. The van der Waals surface area contributed by atoms with Gasteiger partial charge >= 0.3 is 5.97 Å². The highest BCUT2D eigenvalue weighted by atomic mass is 35.5. The highest BCUT2D eigenvalue weighted by Gasteiger charge is 2.38. The number of quaternary nitrogens is 1. The van der Waals surface area contributed by atoms with Crippen LogP contribution < -0.4 is 18.1 Å². The summed E-state index contributed by atoms with van der Waals surface area (Å²) < 4.78 is 5.35. The van der Waals surface area contributed by atoms with Gasteiger partial charge in [0.2, 0.25) is 5.54 Å². The van der Waals surface area contributed by atoms with Crippen LogP contribution in [0.3, 0.4) is 0 Å². The van der Waals surface area contributed by atoms with Gasteiger partial charge in [0.05, 0.1) is 0 Å². The molecule has 1 unspecified atom stereocenters. The lowest BCUT2D eigenvalue weighted by molar-refractivity contribution is -0.466. The number of hydrogen-bond acceptors (Lipinski definition) is 2. The zero-order valence-electron chi connectivity index (χ0n) is 11.1. The number of halogens is 2. The van der Waals surface area contributed by atoms with Crippen LogP contribution >= 0.6 is 11.6 Å². The van der Waals surface area contributed by atoms with E-state index in [4.69, 9.17) is 16.3 Å². The lowest BCUT2D eigenvalue weighted by Gasteiger charge is -2.26. The van der Waals surface area contributed by atoms with Gasteiger partial charge in [-0.25, -0.2) is 4.79 Å². The fourth-order valence-electron chi connectivity index (χ4n) is 1.33. The fourth-order valence-corrected chi connectivity index (χ4v) is 1.45. The van der Waals surface area contributed by atoms with E-state index >= 15 is 0 Å². The topological polar surface area (TPSA) is 53.9 Å². The zero-order chi connectivity index (χ0) is 13.3. The van der Waals surface area contributed by atoms with Gasteiger partial charge in [-0.05, 0) is 32.9 Å². The first-order valence-electron chi connectivity index (χ1n) is 5.48. The predicted octanol–water partition coefficient (Wildman–Crippen LogP) is -0.857. The Labute approximate surface area is 119 Å². The van der Waals surface area contributed by atoms with E-state index in [9.17, 15) is 4.79 Å². The van der Waals surface area contributed by atoms with Crippen molar-refractivity contribution in [2.75, 3.05) is 0 Å². The molecule has 18 heavy (non-hydrogen) atoms. The number of rotatable bonds is 2. The largest absolute Gasteiger partial charge is 1.00 e. The lowest BCUT2D eigenvalue weighted by Crippen LogP contribution is -3.00. The minimum absolute atomic E-state index is 0. The zero-order valence-corrected chi connectivity index (χ0v) is 12.6. The summed E-state index contributed by atoms with van der Waals surface area (Å²) in [6.07, 6.45) is 0. The van der Waals surface area contributed by atoms with Gasteiger partial charge in [0.15, 0.2) is 0 Å². The molecular formula is C13H19Cl2NO2. The fraction of sp³-hybridized carbons (Fsp3) is 0.462. The Morgan fingerprint density at radius 2 is 1.61 bits per heavy atom. The maximum absolute atomic E-state index is 12.0. The van der Waals surface area contributed by atoms with Crippen molar-refractivity contribution in [3.8, 4) is 0 Å². The quantitative estimate of drug-likeness (QED) is 0.722. The van der Waals surface area contributed by atoms with Crippen molar-refractivity contribution < 1.29 is 27.7 Å². The van der Waals surface area contributed by atoms with Crippen molar-refractivity contribution in [1.29, 1.82) is 0 Å². The first kappa shape index (κ1) is 17.2. The molecule has 0 fully saturated rings. The third-order valence-corrected chi connectivity index (χ3v) is 2.58. The average Bonchev–Trinajstić information content (AvgIpc) is 2.15. The van der Waals surface area contributed by atoms with Gasteiger partial charge < -0.3 is 22.9 Å². The molecule has 0 aliphatic rings.